The third-order valence-corrected chi connectivity index (χ3v) is 3.92. The van der Waals surface area contributed by atoms with E-state index in [0.717, 1.165) is 30.9 Å². The fourth-order valence-corrected chi connectivity index (χ4v) is 2.40. The van der Waals surface area contributed by atoms with Crippen LogP contribution in [0.3, 0.4) is 0 Å². The Morgan fingerprint density at radius 2 is 2.22 bits per heavy atom. The third kappa shape index (κ3) is 2.82. The number of hydrogen-bond donors (Lipinski definition) is 2. The fourth-order valence-electron chi connectivity index (χ4n) is 2.40. The highest BCUT2D eigenvalue weighted by Crippen LogP contribution is 2.25. The topological polar surface area (TPSA) is 48.4 Å². The van der Waals surface area contributed by atoms with Crippen LogP contribution in [0.15, 0.2) is 18.3 Å². The summed E-state index contributed by atoms with van der Waals surface area (Å²) in [7, 11) is 1.94. The lowest BCUT2D eigenvalue weighted by molar-refractivity contribution is 0.136. The molecule has 1 aromatic rings. The third-order valence-electron chi connectivity index (χ3n) is 3.92. The maximum Gasteiger partial charge on any atom is 0.0571 e. The predicted molar refractivity (Wildman–Crippen MR) is 73.7 cm³/mol. The molecule has 1 fully saturated rings. The van der Waals surface area contributed by atoms with Gasteiger partial charge in [-0.1, -0.05) is 0 Å². The van der Waals surface area contributed by atoms with Gasteiger partial charge in [0.05, 0.1) is 23.7 Å². The van der Waals surface area contributed by atoms with Crippen molar-refractivity contribution in [2.24, 2.45) is 5.92 Å². The fraction of sp³-hybridized carbons (Fsp3) is 0.643. The molecule has 3 atom stereocenters. The summed E-state index contributed by atoms with van der Waals surface area (Å²) >= 11 is 0. The van der Waals surface area contributed by atoms with Crippen molar-refractivity contribution in [3.05, 3.63) is 24.0 Å². The minimum atomic E-state index is -0.216. The van der Waals surface area contributed by atoms with E-state index < -0.39 is 0 Å². The smallest absolute Gasteiger partial charge is 0.0571 e. The van der Waals surface area contributed by atoms with E-state index in [9.17, 15) is 5.11 Å². The van der Waals surface area contributed by atoms with Crippen molar-refractivity contribution in [1.29, 1.82) is 0 Å². The maximum absolute atomic E-state index is 9.62. The molecule has 1 aliphatic heterocycles. The Morgan fingerprint density at radius 1 is 1.44 bits per heavy atom. The molecule has 2 rings (SSSR count). The number of nitrogens with one attached hydrogen (secondary N) is 1. The van der Waals surface area contributed by atoms with Crippen LogP contribution in [-0.2, 0) is 0 Å². The molecule has 4 nitrogen and oxygen atoms in total. The second-order valence-corrected chi connectivity index (χ2v) is 5.19. The Balaban J connectivity index is 2.02. The van der Waals surface area contributed by atoms with Crippen molar-refractivity contribution in [1.82, 2.24) is 10.3 Å². The first-order valence-electron chi connectivity index (χ1n) is 6.68. The van der Waals surface area contributed by atoms with Gasteiger partial charge in [-0.15, -0.1) is 0 Å². The summed E-state index contributed by atoms with van der Waals surface area (Å²) in [6.07, 6.45) is 2.78. The average molecular weight is 249 g/mol. The van der Waals surface area contributed by atoms with Gasteiger partial charge in [-0.25, -0.2) is 0 Å². The van der Waals surface area contributed by atoms with E-state index >= 15 is 0 Å². The van der Waals surface area contributed by atoms with E-state index in [4.69, 9.17) is 0 Å². The molecule has 1 saturated heterocycles. The molecule has 2 heterocycles. The first-order chi connectivity index (χ1) is 8.61. The van der Waals surface area contributed by atoms with Gasteiger partial charge in [0, 0.05) is 25.0 Å². The van der Waals surface area contributed by atoms with Gasteiger partial charge in [0.2, 0.25) is 0 Å². The number of anilines is 1. The SMILES string of the molecule is CNC(C)c1ccc(N2CCC(C(C)O)C2)cn1. The highest BCUT2D eigenvalue weighted by molar-refractivity contribution is 5.45. The number of rotatable bonds is 4. The van der Waals surface area contributed by atoms with Gasteiger partial charge in [0.1, 0.15) is 0 Å². The molecule has 0 bridgehead atoms. The van der Waals surface area contributed by atoms with Gasteiger partial charge in [-0.2, -0.15) is 0 Å². The summed E-state index contributed by atoms with van der Waals surface area (Å²) in [4.78, 5) is 6.80. The molecule has 0 radical (unpaired) electrons. The van der Waals surface area contributed by atoms with Crippen molar-refractivity contribution in [2.45, 2.75) is 32.4 Å². The second kappa shape index (κ2) is 5.67. The number of aliphatic hydroxyl groups is 1. The summed E-state index contributed by atoms with van der Waals surface area (Å²) in [6.45, 7) is 5.92. The highest BCUT2D eigenvalue weighted by Gasteiger charge is 2.26. The van der Waals surface area contributed by atoms with Gasteiger partial charge in [0.25, 0.3) is 0 Å². The van der Waals surface area contributed by atoms with Gasteiger partial charge < -0.3 is 15.3 Å². The molecule has 2 N–H and O–H groups in total. The van der Waals surface area contributed by atoms with Crippen molar-refractivity contribution in [2.75, 3.05) is 25.0 Å². The molecule has 4 heteroatoms. The van der Waals surface area contributed by atoms with Crippen molar-refractivity contribution in [3.63, 3.8) is 0 Å². The molecular formula is C14H23N3O. The second-order valence-electron chi connectivity index (χ2n) is 5.19. The first kappa shape index (κ1) is 13.3. The van der Waals surface area contributed by atoms with Crippen LogP contribution in [0.4, 0.5) is 5.69 Å². The van der Waals surface area contributed by atoms with Crippen LogP contribution >= 0.6 is 0 Å². The minimum Gasteiger partial charge on any atom is -0.393 e. The lowest BCUT2D eigenvalue weighted by Crippen LogP contribution is -2.24. The molecule has 0 aliphatic carbocycles. The zero-order valence-electron chi connectivity index (χ0n) is 11.4. The van der Waals surface area contributed by atoms with E-state index in [1.807, 2.05) is 20.2 Å². The standard InChI is InChI=1S/C14H23N3O/c1-10(15-3)14-5-4-13(8-16-14)17-7-6-12(9-17)11(2)18/h4-5,8,10-12,15,18H,6-7,9H2,1-3H3. The van der Waals surface area contributed by atoms with Gasteiger partial charge in [-0.3, -0.25) is 4.98 Å². The van der Waals surface area contributed by atoms with Crippen LogP contribution in [0.25, 0.3) is 0 Å². The van der Waals surface area contributed by atoms with Crippen LogP contribution in [0.2, 0.25) is 0 Å². The Kier molecular flexibility index (Phi) is 4.19. The van der Waals surface area contributed by atoms with E-state index in [2.05, 4.69) is 34.3 Å². The number of pyridine rings is 1. The molecule has 100 valence electrons. The zero-order chi connectivity index (χ0) is 13.1. The number of aromatic nitrogens is 1. The largest absolute Gasteiger partial charge is 0.393 e. The lowest BCUT2D eigenvalue weighted by atomic mass is 10.0. The number of aliphatic hydroxyl groups excluding tert-OH is 1. The lowest BCUT2D eigenvalue weighted by Gasteiger charge is -2.20. The van der Waals surface area contributed by atoms with Crippen LogP contribution in [0.5, 0.6) is 0 Å². The predicted octanol–water partition coefficient (Wildman–Crippen LogP) is 1.57. The van der Waals surface area contributed by atoms with E-state index in [1.165, 1.54) is 0 Å². The van der Waals surface area contributed by atoms with E-state index in [0.29, 0.717) is 5.92 Å². The first-order valence-corrected chi connectivity index (χ1v) is 6.68. The highest BCUT2D eigenvalue weighted by atomic mass is 16.3. The Labute approximate surface area is 109 Å². The van der Waals surface area contributed by atoms with Crippen molar-refractivity contribution < 1.29 is 5.11 Å². The molecule has 0 amide bonds. The molecular weight excluding hydrogens is 226 g/mol. The molecule has 0 saturated carbocycles. The van der Waals surface area contributed by atoms with Crippen LogP contribution < -0.4 is 10.2 Å². The Morgan fingerprint density at radius 3 is 2.72 bits per heavy atom. The summed E-state index contributed by atoms with van der Waals surface area (Å²) in [6, 6.07) is 4.48. The maximum atomic E-state index is 9.62. The molecule has 1 aromatic heterocycles. The zero-order valence-corrected chi connectivity index (χ0v) is 11.4. The van der Waals surface area contributed by atoms with Crippen LogP contribution in [-0.4, -0.2) is 36.3 Å². The molecule has 0 aromatic carbocycles. The average Bonchev–Trinajstić information content (AvgIpc) is 2.88. The van der Waals surface area contributed by atoms with Crippen LogP contribution in [0, 0.1) is 5.92 Å². The summed E-state index contributed by atoms with van der Waals surface area (Å²) in [5, 5.41) is 12.8. The monoisotopic (exact) mass is 249 g/mol. The van der Waals surface area contributed by atoms with Crippen LogP contribution in [0.1, 0.15) is 32.0 Å². The summed E-state index contributed by atoms with van der Waals surface area (Å²) in [5.41, 5.74) is 2.22. The van der Waals surface area contributed by atoms with Gasteiger partial charge >= 0.3 is 0 Å². The van der Waals surface area contributed by atoms with Crippen molar-refractivity contribution >= 4 is 5.69 Å². The minimum absolute atomic E-state index is 0.216. The Hall–Kier alpha value is -1.13. The molecule has 18 heavy (non-hydrogen) atoms. The van der Waals surface area contributed by atoms with E-state index in [-0.39, 0.29) is 12.1 Å². The van der Waals surface area contributed by atoms with E-state index in [1.54, 1.807) is 0 Å². The quantitative estimate of drug-likeness (QED) is 0.850. The molecule has 1 aliphatic rings. The Bertz CT molecular complexity index is 377. The summed E-state index contributed by atoms with van der Waals surface area (Å²) in [5.74, 6) is 0.390. The molecule has 0 spiro atoms. The number of hydrogen-bond acceptors (Lipinski definition) is 4. The van der Waals surface area contributed by atoms with Gasteiger partial charge in [-0.05, 0) is 39.4 Å². The molecule has 3 unspecified atom stereocenters. The van der Waals surface area contributed by atoms with Gasteiger partial charge in [0.15, 0.2) is 0 Å². The number of nitrogens with zero attached hydrogens (tertiary/aromatic N) is 2. The van der Waals surface area contributed by atoms with Crippen molar-refractivity contribution in [3.8, 4) is 0 Å². The normalized spacial score (nSPS) is 23.1. The summed E-state index contributed by atoms with van der Waals surface area (Å²) < 4.78 is 0.